The molecule has 0 amide bonds. The average Bonchev–Trinajstić information content (AvgIpc) is 3.27. The number of aromatic nitrogens is 2. The molecule has 0 bridgehead atoms. The molecule has 1 saturated heterocycles. The molecule has 1 saturated carbocycles. The molecule has 4 nitrogen and oxygen atoms in total. The van der Waals surface area contributed by atoms with Crippen LogP contribution in [0.25, 0.3) is 5.69 Å². The SMILES string of the molecule is Clc1ccccc1-n1ncc(N2CCNCC2)c1C1CC1. The van der Waals surface area contributed by atoms with E-state index in [-0.39, 0.29) is 0 Å². The Labute approximate surface area is 129 Å². The van der Waals surface area contributed by atoms with Crippen molar-refractivity contribution in [1.82, 2.24) is 15.1 Å². The molecule has 1 aliphatic carbocycles. The fourth-order valence-corrected chi connectivity index (χ4v) is 3.27. The molecule has 4 rings (SSSR count). The second-order valence-corrected chi connectivity index (χ2v) is 6.20. The third-order valence-electron chi connectivity index (χ3n) is 4.29. The highest BCUT2D eigenvalue weighted by Crippen LogP contribution is 2.45. The minimum absolute atomic E-state index is 0.633. The number of hydrogen-bond donors (Lipinski definition) is 1. The van der Waals surface area contributed by atoms with Crippen molar-refractivity contribution in [3.05, 3.63) is 41.2 Å². The first kappa shape index (κ1) is 13.2. The van der Waals surface area contributed by atoms with Crippen LogP contribution in [0.3, 0.4) is 0 Å². The number of para-hydroxylation sites is 1. The van der Waals surface area contributed by atoms with Gasteiger partial charge in [0.05, 0.1) is 28.3 Å². The van der Waals surface area contributed by atoms with Gasteiger partial charge in [0.15, 0.2) is 0 Å². The van der Waals surface area contributed by atoms with Crippen LogP contribution in [0.1, 0.15) is 24.5 Å². The summed E-state index contributed by atoms with van der Waals surface area (Å²) in [5.74, 6) is 0.633. The van der Waals surface area contributed by atoms with Crippen molar-refractivity contribution >= 4 is 17.3 Å². The summed E-state index contributed by atoms with van der Waals surface area (Å²) in [6.45, 7) is 4.19. The third kappa shape index (κ3) is 2.43. The van der Waals surface area contributed by atoms with Crippen LogP contribution in [-0.4, -0.2) is 36.0 Å². The predicted molar refractivity (Wildman–Crippen MR) is 85.6 cm³/mol. The lowest BCUT2D eigenvalue weighted by Gasteiger charge is -2.29. The number of hydrogen-bond acceptors (Lipinski definition) is 3. The summed E-state index contributed by atoms with van der Waals surface area (Å²) in [6.07, 6.45) is 4.53. The maximum atomic E-state index is 6.37. The number of rotatable bonds is 3. The Balaban J connectivity index is 1.78. The number of nitrogens with one attached hydrogen (secondary N) is 1. The molecule has 2 aromatic rings. The topological polar surface area (TPSA) is 33.1 Å². The summed E-state index contributed by atoms with van der Waals surface area (Å²) < 4.78 is 2.05. The molecule has 1 aliphatic heterocycles. The Morgan fingerprint density at radius 2 is 1.86 bits per heavy atom. The van der Waals surface area contributed by atoms with Crippen molar-refractivity contribution in [2.75, 3.05) is 31.1 Å². The van der Waals surface area contributed by atoms with E-state index in [1.54, 1.807) is 0 Å². The number of nitrogens with zero attached hydrogens (tertiary/aromatic N) is 3. The Morgan fingerprint density at radius 3 is 2.57 bits per heavy atom. The fraction of sp³-hybridized carbons (Fsp3) is 0.438. The minimum atomic E-state index is 0.633. The fourth-order valence-electron chi connectivity index (χ4n) is 3.05. The first-order valence-corrected chi connectivity index (χ1v) is 8.01. The van der Waals surface area contributed by atoms with Gasteiger partial charge in [0.25, 0.3) is 0 Å². The molecule has 2 heterocycles. The van der Waals surface area contributed by atoms with Crippen LogP contribution < -0.4 is 10.2 Å². The van der Waals surface area contributed by atoms with Crippen LogP contribution in [0.15, 0.2) is 30.5 Å². The molecule has 1 N–H and O–H groups in total. The molecule has 2 fully saturated rings. The van der Waals surface area contributed by atoms with Crippen molar-refractivity contribution in [2.24, 2.45) is 0 Å². The summed E-state index contributed by atoms with van der Waals surface area (Å²) in [5, 5.41) is 8.82. The van der Waals surface area contributed by atoms with Crippen molar-refractivity contribution in [2.45, 2.75) is 18.8 Å². The van der Waals surface area contributed by atoms with Crippen molar-refractivity contribution in [3.8, 4) is 5.69 Å². The molecule has 0 spiro atoms. The van der Waals surface area contributed by atoms with Gasteiger partial charge < -0.3 is 10.2 Å². The van der Waals surface area contributed by atoms with E-state index in [0.29, 0.717) is 5.92 Å². The van der Waals surface area contributed by atoms with E-state index in [9.17, 15) is 0 Å². The van der Waals surface area contributed by atoms with Crippen LogP contribution in [0.2, 0.25) is 5.02 Å². The van der Waals surface area contributed by atoms with Crippen molar-refractivity contribution in [3.63, 3.8) is 0 Å². The highest BCUT2D eigenvalue weighted by atomic mass is 35.5. The molecule has 2 aliphatic rings. The standard InChI is InChI=1S/C16H19ClN4/c17-13-3-1-2-4-14(13)21-16(12-5-6-12)15(11-19-21)20-9-7-18-8-10-20/h1-4,11-12,18H,5-10H2. The summed E-state index contributed by atoms with van der Waals surface area (Å²) in [5.41, 5.74) is 3.62. The molecule has 1 aromatic heterocycles. The van der Waals surface area contributed by atoms with E-state index in [2.05, 4.69) is 20.0 Å². The number of halogens is 1. The molecule has 21 heavy (non-hydrogen) atoms. The molecule has 0 radical (unpaired) electrons. The van der Waals surface area contributed by atoms with Gasteiger partial charge in [-0.2, -0.15) is 5.10 Å². The second-order valence-electron chi connectivity index (χ2n) is 5.79. The first-order valence-electron chi connectivity index (χ1n) is 7.63. The van der Waals surface area contributed by atoms with Crippen LogP contribution in [0, 0.1) is 0 Å². The van der Waals surface area contributed by atoms with Gasteiger partial charge in [0.2, 0.25) is 0 Å². The molecular formula is C16H19ClN4. The monoisotopic (exact) mass is 302 g/mol. The van der Waals surface area contributed by atoms with Gasteiger partial charge in [0.1, 0.15) is 0 Å². The zero-order chi connectivity index (χ0) is 14.2. The van der Waals surface area contributed by atoms with Crippen LogP contribution in [-0.2, 0) is 0 Å². The third-order valence-corrected chi connectivity index (χ3v) is 4.61. The average molecular weight is 303 g/mol. The normalized spacial score (nSPS) is 19.0. The number of piperazine rings is 1. The van der Waals surface area contributed by atoms with Gasteiger partial charge in [-0.15, -0.1) is 0 Å². The van der Waals surface area contributed by atoms with Gasteiger partial charge in [0, 0.05) is 32.1 Å². The van der Waals surface area contributed by atoms with Gasteiger partial charge in [-0.1, -0.05) is 23.7 Å². The Kier molecular flexibility index (Phi) is 3.36. The largest absolute Gasteiger partial charge is 0.366 e. The highest BCUT2D eigenvalue weighted by molar-refractivity contribution is 6.32. The molecule has 1 aromatic carbocycles. The molecular weight excluding hydrogens is 284 g/mol. The predicted octanol–water partition coefficient (Wildman–Crippen LogP) is 2.81. The van der Waals surface area contributed by atoms with E-state index < -0.39 is 0 Å². The quantitative estimate of drug-likeness (QED) is 0.946. The van der Waals surface area contributed by atoms with Crippen LogP contribution in [0.4, 0.5) is 5.69 Å². The van der Waals surface area contributed by atoms with Gasteiger partial charge in [-0.3, -0.25) is 0 Å². The molecule has 0 atom stereocenters. The lowest BCUT2D eigenvalue weighted by molar-refractivity contribution is 0.587. The maximum Gasteiger partial charge on any atom is 0.0835 e. The van der Waals surface area contributed by atoms with E-state index in [4.69, 9.17) is 11.6 Å². The lowest BCUT2D eigenvalue weighted by atomic mass is 10.2. The van der Waals surface area contributed by atoms with E-state index in [0.717, 1.165) is 36.9 Å². The van der Waals surface area contributed by atoms with Crippen molar-refractivity contribution < 1.29 is 0 Å². The summed E-state index contributed by atoms with van der Waals surface area (Å²) >= 11 is 6.37. The second kappa shape index (κ2) is 5.35. The van der Waals surface area contributed by atoms with Gasteiger partial charge in [-0.05, 0) is 25.0 Å². The van der Waals surface area contributed by atoms with E-state index >= 15 is 0 Å². The first-order chi connectivity index (χ1) is 10.3. The minimum Gasteiger partial charge on any atom is -0.366 e. The molecule has 0 unspecified atom stereocenters. The summed E-state index contributed by atoms with van der Waals surface area (Å²) in [7, 11) is 0. The van der Waals surface area contributed by atoms with E-state index in [1.165, 1.54) is 24.2 Å². The van der Waals surface area contributed by atoms with Crippen LogP contribution in [0.5, 0.6) is 0 Å². The zero-order valence-electron chi connectivity index (χ0n) is 11.9. The molecule has 5 heteroatoms. The number of anilines is 1. The number of benzene rings is 1. The highest BCUT2D eigenvalue weighted by Gasteiger charge is 2.33. The van der Waals surface area contributed by atoms with Crippen LogP contribution >= 0.6 is 11.6 Å². The van der Waals surface area contributed by atoms with Gasteiger partial charge >= 0.3 is 0 Å². The Hall–Kier alpha value is -1.52. The zero-order valence-corrected chi connectivity index (χ0v) is 12.7. The van der Waals surface area contributed by atoms with Crippen molar-refractivity contribution in [1.29, 1.82) is 0 Å². The lowest BCUT2D eigenvalue weighted by Crippen LogP contribution is -2.43. The maximum absolute atomic E-state index is 6.37. The molecule has 110 valence electrons. The van der Waals surface area contributed by atoms with Gasteiger partial charge in [-0.25, -0.2) is 4.68 Å². The summed E-state index contributed by atoms with van der Waals surface area (Å²) in [4.78, 5) is 2.45. The Bertz CT molecular complexity index is 641. The Morgan fingerprint density at radius 1 is 1.10 bits per heavy atom. The van der Waals surface area contributed by atoms with E-state index in [1.807, 2.05) is 30.5 Å². The summed E-state index contributed by atoms with van der Waals surface area (Å²) in [6, 6.07) is 7.95. The smallest absolute Gasteiger partial charge is 0.0835 e.